The first-order valence-electron chi connectivity index (χ1n) is 9.58. The number of fused-ring (bicyclic) bond motifs is 1. The molecule has 160 valence electrons. The van der Waals surface area contributed by atoms with Crippen LogP contribution in [0.3, 0.4) is 0 Å². The van der Waals surface area contributed by atoms with Crippen LogP contribution in [-0.2, 0) is 11.6 Å². The van der Waals surface area contributed by atoms with Crippen LogP contribution in [0.15, 0.2) is 60.8 Å². The number of benzene rings is 2. The van der Waals surface area contributed by atoms with Gasteiger partial charge in [-0.15, -0.1) is 0 Å². The van der Waals surface area contributed by atoms with Crippen LogP contribution >= 0.6 is 11.3 Å². The lowest BCUT2D eigenvalue weighted by Crippen LogP contribution is -2.12. The highest BCUT2D eigenvalue weighted by molar-refractivity contribution is 7.22. The Morgan fingerprint density at radius 2 is 1.74 bits per heavy atom. The molecule has 0 aliphatic rings. The zero-order valence-electron chi connectivity index (χ0n) is 17.1. The van der Waals surface area contributed by atoms with Crippen molar-refractivity contribution in [2.24, 2.45) is 0 Å². The molecule has 0 unspecified atom stereocenters. The minimum Gasteiger partial charge on any atom is -0.437 e. The monoisotopic (exact) mass is 443 g/mol. The van der Waals surface area contributed by atoms with Gasteiger partial charge in [-0.2, -0.15) is 13.2 Å². The number of ether oxygens (including phenoxy) is 1. The fraction of sp³-hybridized carbons (Fsp3) is 0.217. The van der Waals surface area contributed by atoms with Crippen LogP contribution in [0.5, 0.6) is 11.6 Å². The lowest BCUT2D eigenvalue weighted by atomic mass is 9.86. The lowest BCUT2D eigenvalue weighted by Gasteiger charge is -2.22. The van der Waals surface area contributed by atoms with E-state index in [2.05, 4.69) is 36.1 Å². The molecule has 0 saturated carbocycles. The Morgan fingerprint density at radius 3 is 2.48 bits per heavy atom. The van der Waals surface area contributed by atoms with E-state index in [1.54, 1.807) is 18.3 Å². The molecule has 0 fully saturated rings. The Bertz CT molecular complexity index is 1230. The van der Waals surface area contributed by atoms with Crippen LogP contribution < -0.4 is 10.1 Å². The van der Waals surface area contributed by atoms with Crippen molar-refractivity contribution in [3.8, 4) is 11.6 Å². The van der Waals surface area contributed by atoms with Gasteiger partial charge < -0.3 is 10.1 Å². The Hall–Kier alpha value is -3.13. The molecule has 0 spiro atoms. The number of para-hydroxylation sites is 1. The molecular formula is C23H20F3N3OS. The van der Waals surface area contributed by atoms with Gasteiger partial charge in [0.15, 0.2) is 5.13 Å². The molecule has 0 bridgehead atoms. The molecule has 2 aromatic carbocycles. The quantitative estimate of drug-likeness (QED) is 0.354. The maximum Gasteiger partial charge on any atom is 0.416 e. The summed E-state index contributed by atoms with van der Waals surface area (Å²) < 4.78 is 45.7. The first-order valence-corrected chi connectivity index (χ1v) is 10.4. The number of alkyl halides is 3. The summed E-state index contributed by atoms with van der Waals surface area (Å²) >= 11 is 1.26. The third kappa shape index (κ3) is 4.64. The molecule has 4 rings (SSSR count). The summed E-state index contributed by atoms with van der Waals surface area (Å²) in [6.45, 7) is 6.30. The number of thiazole rings is 1. The second kappa shape index (κ2) is 7.85. The molecule has 1 N–H and O–H groups in total. The van der Waals surface area contributed by atoms with Crippen LogP contribution in [0, 0.1) is 0 Å². The highest BCUT2D eigenvalue weighted by atomic mass is 32.1. The van der Waals surface area contributed by atoms with Crippen molar-refractivity contribution in [2.45, 2.75) is 32.4 Å². The van der Waals surface area contributed by atoms with E-state index in [0.29, 0.717) is 27.1 Å². The maximum absolute atomic E-state index is 13.0. The smallest absolute Gasteiger partial charge is 0.416 e. The number of hydrogen-bond donors (Lipinski definition) is 1. The molecule has 0 aliphatic heterocycles. The summed E-state index contributed by atoms with van der Waals surface area (Å²) in [6.07, 6.45) is -2.79. The number of anilines is 2. The van der Waals surface area contributed by atoms with Gasteiger partial charge in [0.2, 0.25) is 5.88 Å². The molecule has 4 nitrogen and oxygen atoms in total. The van der Waals surface area contributed by atoms with Gasteiger partial charge in [0.25, 0.3) is 0 Å². The number of rotatable bonds is 4. The van der Waals surface area contributed by atoms with Crippen LogP contribution in [0.2, 0.25) is 0 Å². The minimum absolute atomic E-state index is 0.123. The Balaban J connectivity index is 1.65. The van der Waals surface area contributed by atoms with Gasteiger partial charge in [0.05, 0.1) is 15.8 Å². The third-order valence-corrected chi connectivity index (χ3v) is 5.58. The van der Waals surface area contributed by atoms with E-state index in [9.17, 15) is 13.2 Å². The van der Waals surface area contributed by atoms with Crippen molar-refractivity contribution in [1.82, 2.24) is 9.97 Å². The van der Waals surface area contributed by atoms with Crippen LogP contribution in [0.4, 0.5) is 24.0 Å². The Labute approximate surface area is 181 Å². The van der Waals surface area contributed by atoms with Gasteiger partial charge in [-0.3, -0.25) is 0 Å². The van der Waals surface area contributed by atoms with Gasteiger partial charge in [-0.25, -0.2) is 9.97 Å². The molecule has 2 aromatic heterocycles. The highest BCUT2D eigenvalue weighted by Crippen LogP contribution is 2.38. The third-order valence-electron chi connectivity index (χ3n) is 4.63. The van der Waals surface area contributed by atoms with E-state index in [-0.39, 0.29) is 10.9 Å². The minimum atomic E-state index is -4.41. The normalized spacial score (nSPS) is 12.2. The van der Waals surface area contributed by atoms with E-state index in [1.807, 2.05) is 24.3 Å². The SMILES string of the molecule is CC(C)(C)c1ccccc1Oc1ncccc1Nc1nc2cc(C(F)(F)F)ccc2s1. The lowest BCUT2D eigenvalue weighted by molar-refractivity contribution is -0.137. The van der Waals surface area contributed by atoms with Crippen LogP contribution in [0.25, 0.3) is 10.2 Å². The number of hydrogen-bond acceptors (Lipinski definition) is 5. The van der Waals surface area contributed by atoms with E-state index in [4.69, 9.17) is 4.74 Å². The van der Waals surface area contributed by atoms with E-state index < -0.39 is 11.7 Å². The molecule has 0 saturated heterocycles. The fourth-order valence-corrected chi connectivity index (χ4v) is 3.98. The molecule has 2 heterocycles. The van der Waals surface area contributed by atoms with Crippen molar-refractivity contribution >= 4 is 32.4 Å². The second-order valence-electron chi connectivity index (χ2n) is 8.03. The van der Waals surface area contributed by atoms with Crippen LogP contribution in [-0.4, -0.2) is 9.97 Å². The summed E-state index contributed by atoms with van der Waals surface area (Å²) in [5, 5.41) is 3.59. The highest BCUT2D eigenvalue weighted by Gasteiger charge is 2.30. The molecule has 0 radical (unpaired) electrons. The fourth-order valence-electron chi connectivity index (χ4n) is 3.12. The summed E-state index contributed by atoms with van der Waals surface area (Å²) in [4.78, 5) is 8.65. The average molecular weight is 443 g/mol. The van der Waals surface area contributed by atoms with E-state index >= 15 is 0 Å². The van der Waals surface area contributed by atoms with Crippen molar-refractivity contribution in [2.75, 3.05) is 5.32 Å². The number of halogens is 3. The number of aromatic nitrogens is 2. The van der Waals surface area contributed by atoms with E-state index in [1.165, 1.54) is 17.4 Å². The number of pyridine rings is 1. The zero-order chi connectivity index (χ0) is 22.2. The number of nitrogens with zero attached hydrogens (tertiary/aromatic N) is 2. The maximum atomic E-state index is 13.0. The van der Waals surface area contributed by atoms with Crippen molar-refractivity contribution in [3.05, 3.63) is 71.9 Å². The van der Waals surface area contributed by atoms with Gasteiger partial charge in [-0.1, -0.05) is 50.3 Å². The molecule has 0 amide bonds. The first kappa shape index (κ1) is 21.1. The van der Waals surface area contributed by atoms with E-state index in [0.717, 1.165) is 17.7 Å². The van der Waals surface area contributed by atoms with Crippen molar-refractivity contribution in [3.63, 3.8) is 0 Å². The average Bonchev–Trinajstić information content (AvgIpc) is 3.10. The molecule has 31 heavy (non-hydrogen) atoms. The zero-order valence-corrected chi connectivity index (χ0v) is 17.9. The van der Waals surface area contributed by atoms with Gasteiger partial charge in [0, 0.05) is 11.8 Å². The Morgan fingerprint density at radius 1 is 0.968 bits per heavy atom. The molecule has 0 atom stereocenters. The molecule has 8 heteroatoms. The topological polar surface area (TPSA) is 47.0 Å². The predicted octanol–water partition coefficient (Wildman–Crippen LogP) is 7.54. The predicted molar refractivity (Wildman–Crippen MR) is 117 cm³/mol. The van der Waals surface area contributed by atoms with Crippen LogP contribution in [0.1, 0.15) is 31.9 Å². The standard InChI is InChI=1S/C23H20F3N3OS/c1-22(2,3)15-7-4-5-9-18(15)30-20-16(8-6-12-27-20)28-21-29-17-13-14(23(24,25)26)10-11-19(17)31-21/h4-13H,1-3H3,(H,28,29). The number of nitrogens with one attached hydrogen (secondary N) is 1. The van der Waals surface area contributed by atoms with Gasteiger partial charge in [-0.05, 0) is 41.8 Å². The summed E-state index contributed by atoms with van der Waals surface area (Å²) in [5.74, 6) is 1.05. The molecular weight excluding hydrogens is 423 g/mol. The van der Waals surface area contributed by atoms with Crippen molar-refractivity contribution < 1.29 is 17.9 Å². The van der Waals surface area contributed by atoms with Crippen molar-refractivity contribution in [1.29, 1.82) is 0 Å². The summed E-state index contributed by atoms with van der Waals surface area (Å²) in [5.41, 5.74) is 1.04. The molecule has 4 aromatic rings. The molecule has 0 aliphatic carbocycles. The van der Waals surface area contributed by atoms with Gasteiger partial charge in [0.1, 0.15) is 11.4 Å². The summed E-state index contributed by atoms with van der Waals surface area (Å²) in [6, 6.07) is 14.8. The second-order valence-corrected chi connectivity index (χ2v) is 9.06. The summed E-state index contributed by atoms with van der Waals surface area (Å²) in [7, 11) is 0. The Kier molecular flexibility index (Phi) is 5.35. The largest absolute Gasteiger partial charge is 0.437 e. The first-order chi connectivity index (χ1) is 14.6. The van der Waals surface area contributed by atoms with Gasteiger partial charge >= 0.3 is 6.18 Å².